The second-order valence-electron chi connectivity index (χ2n) is 15.1. The van der Waals surface area contributed by atoms with E-state index in [1.54, 1.807) is 0 Å². The molecule has 11 aromatic carbocycles. The Kier molecular flexibility index (Phi) is 6.70. The second kappa shape index (κ2) is 12.1. The lowest BCUT2D eigenvalue weighted by Crippen LogP contribution is -1.93. The van der Waals surface area contributed by atoms with Crippen LogP contribution in [0.4, 0.5) is 0 Å². The molecule has 0 amide bonds. The number of aromatic nitrogens is 1. The van der Waals surface area contributed by atoms with Gasteiger partial charge in [0.2, 0.25) is 0 Å². The quantitative estimate of drug-likeness (QED) is 0.167. The maximum atomic E-state index is 5.47. The van der Waals surface area contributed by atoms with E-state index in [-0.39, 0.29) is 0 Å². The van der Waals surface area contributed by atoms with Crippen LogP contribution < -0.4 is 0 Å². The van der Waals surface area contributed by atoms with Crippen LogP contribution >= 0.6 is 0 Å². The van der Waals surface area contributed by atoms with Crippen molar-refractivity contribution in [2.45, 2.75) is 0 Å². The Morgan fingerprint density at radius 2 is 0.536 bits per heavy atom. The highest BCUT2D eigenvalue weighted by Gasteiger charge is 2.15. The molecule has 0 unspecified atom stereocenters. The Bertz CT molecular complexity index is 3350. The predicted octanol–water partition coefficient (Wildman–Crippen LogP) is 15.3. The minimum Gasteiger partial charge on any atom is -0.248 e. The van der Waals surface area contributed by atoms with Crippen molar-refractivity contribution >= 4 is 86.2 Å². The van der Waals surface area contributed by atoms with Crippen LogP contribution in [0.15, 0.2) is 200 Å². The lowest BCUT2D eigenvalue weighted by molar-refractivity contribution is 1.33. The molecule has 0 fully saturated rings. The topological polar surface area (TPSA) is 12.9 Å². The highest BCUT2D eigenvalue weighted by atomic mass is 14.7. The molecule has 1 nitrogen and oxygen atoms in total. The van der Waals surface area contributed by atoms with Gasteiger partial charge in [-0.3, -0.25) is 0 Å². The van der Waals surface area contributed by atoms with Gasteiger partial charge in [0.25, 0.3) is 0 Å². The molecule has 0 atom stereocenters. The Hall–Kier alpha value is -7.35. The number of pyridine rings is 1. The van der Waals surface area contributed by atoms with Crippen LogP contribution in [0.25, 0.3) is 120 Å². The fraction of sp³-hybridized carbons (Fsp3) is 0. The van der Waals surface area contributed by atoms with E-state index in [0.29, 0.717) is 0 Å². The van der Waals surface area contributed by atoms with Crippen molar-refractivity contribution < 1.29 is 0 Å². The van der Waals surface area contributed by atoms with Crippen LogP contribution in [0.5, 0.6) is 0 Å². The second-order valence-corrected chi connectivity index (χ2v) is 15.1. The summed E-state index contributed by atoms with van der Waals surface area (Å²) in [6.07, 6.45) is 0. The van der Waals surface area contributed by atoms with Crippen molar-refractivity contribution in [2.24, 2.45) is 0 Å². The van der Waals surface area contributed by atoms with Crippen LogP contribution in [-0.4, -0.2) is 4.98 Å². The zero-order chi connectivity index (χ0) is 36.7. The Morgan fingerprint density at radius 3 is 1.05 bits per heavy atom. The summed E-state index contributed by atoms with van der Waals surface area (Å²) in [5.74, 6) is 0. The number of hydrogen-bond donors (Lipinski definition) is 0. The smallest absolute Gasteiger partial charge is 0.0715 e. The Morgan fingerprint density at radius 1 is 0.196 bits per heavy atom. The average molecular weight is 708 g/mol. The summed E-state index contributed by atoms with van der Waals surface area (Å²) in [5, 5.41) is 20.2. The molecular weight excluding hydrogens is 675 g/mol. The maximum Gasteiger partial charge on any atom is 0.0715 e. The van der Waals surface area contributed by atoms with E-state index in [9.17, 15) is 0 Å². The summed E-state index contributed by atoms with van der Waals surface area (Å²) in [4.78, 5) is 5.47. The van der Waals surface area contributed by atoms with Crippen LogP contribution in [0, 0.1) is 0 Å². The van der Waals surface area contributed by atoms with Crippen LogP contribution in [0.3, 0.4) is 0 Å². The molecule has 0 aliphatic heterocycles. The van der Waals surface area contributed by atoms with Gasteiger partial charge in [-0.2, -0.15) is 0 Å². The summed E-state index contributed by atoms with van der Waals surface area (Å²) < 4.78 is 0. The van der Waals surface area contributed by atoms with Crippen molar-refractivity contribution in [3.63, 3.8) is 0 Å². The zero-order valence-electron chi connectivity index (χ0n) is 30.5. The molecule has 12 aromatic rings. The van der Waals surface area contributed by atoms with E-state index in [4.69, 9.17) is 4.98 Å². The van der Waals surface area contributed by atoms with Crippen molar-refractivity contribution in [3.8, 4) is 33.6 Å². The molecule has 0 radical (unpaired) electrons. The Balaban J connectivity index is 1.11. The molecule has 0 spiro atoms. The van der Waals surface area contributed by atoms with Gasteiger partial charge in [0.05, 0.1) is 11.4 Å². The van der Waals surface area contributed by atoms with Crippen LogP contribution in [-0.2, 0) is 0 Å². The molecule has 1 heteroatoms. The van der Waals surface area contributed by atoms with E-state index in [1.807, 2.05) is 0 Å². The largest absolute Gasteiger partial charge is 0.248 e. The van der Waals surface area contributed by atoms with Crippen LogP contribution in [0.1, 0.15) is 0 Å². The summed E-state index contributed by atoms with van der Waals surface area (Å²) in [5.41, 5.74) is 6.44. The van der Waals surface area contributed by atoms with E-state index in [2.05, 4.69) is 200 Å². The number of hydrogen-bond acceptors (Lipinski definition) is 1. The number of benzene rings is 11. The lowest BCUT2D eigenvalue weighted by Gasteiger charge is -2.15. The molecule has 0 aliphatic rings. The van der Waals surface area contributed by atoms with Gasteiger partial charge in [0.15, 0.2) is 0 Å². The van der Waals surface area contributed by atoms with Crippen molar-refractivity contribution in [1.29, 1.82) is 0 Å². The third-order valence-corrected chi connectivity index (χ3v) is 12.0. The molecule has 0 saturated heterocycles. The van der Waals surface area contributed by atoms with Crippen molar-refractivity contribution in [2.75, 3.05) is 0 Å². The van der Waals surface area contributed by atoms with Gasteiger partial charge in [0.1, 0.15) is 0 Å². The third-order valence-electron chi connectivity index (χ3n) is 12.0. The first-order valence-electron chi connectivity index (χ1n) is 19.4. The van der Waals surface area contributed by atoms with E-state index in [0.717, 1.165) is 28.1 Å². The fourth-order valence-electron chi connectivity index (χ4n) is 9.32. The SMILES string of the molecule is c1ccc2c(c1)ccc1cc(-c3cc(-c4ccc5c6ccccc6c6ccccc6c5c4)cc(-c4ccc5c6ccccc6c6ccccc6c5c4)n3)ccc12. The first-order valence-corrected chi connectivity index (χ1v) is 19.4. The van der Waals surface area contributed by atoms with Gasteiger partial charge in [-0.25, -0.2) is 4.98 Å². The monoisotopic (exact) mass is 707 g/mol. The minimum atomic E-state index is 0.957. The van der Waals surface area contributed by atoms with Gasteiger partial charge >= 0.3 is 0 Å². The zero-order valence-corrected chi connectivity index (χ0v) is 30.5. The van der Waals surface area contributed by atoms with E-state index in [1.165, 1.54) is 91.7 Å². The summed E-state index contributed by atoms with van der Waals surface area (Å²) in [6, 6.07) is 73.5. The predicted molar refractivity (Wildman–Crippen MR) is 241 cm³/mol. The molecule has 0 aliphatic carbocycles. The van der Waals surface area contributed by atoms with Gasteiger partial charge in [-0.05, 0) is 128 Å². The van der Waals surface area contributed by atoms with Crippen molar-refractivity contribution in [3.05, 3.63) is 200 Å². The highest BCUT2D eigenvalue weighted by molar-refractivity contribution is 6.27. The van der Waals surface area contributed by atoms with E-state index < -0.39 is 0 Å². The van der Waals surface area contributed by atoms with Gasteiger partial charge in [-0.15, -0.1) is 0 Å². The molecule has 1 heterocycles. The normalized spacial score (nSPS) is 11.9. The number of nitrogens with zero attached hydrogens (tertiary/aromatic N) is 1. The maximum absolute atomic E-state index is 5.47. The molecule has 0 bridgehead atoms. The minimum absolute atomic E-state index is 0.957. The molecule has 0 saturated carbocycles. The van der Waals surface area contributed by atoms with Gasteiger partial charge in [-0.1, -0.05) is 170 Å². The number of fused-ring (bicyclic) bond motifs is 15. The molecule has 0 N–H and O–H groups in total. The summed E-state index contributed by atoms with van der Waals surface area (Å²) in [6.45, 7) is 0. The molecule has 12 rings (SSSR count). The van der Waals surface area contributed by atoms with Crippen molar-refractivity contribution in [1.82, 2.24) is 4.98 Å². The first kappa shape index (κ1) is 31.0. The molecule has 1 aromatic heterocycles. The molecular formula is C55H33N. The fourth-order valence-corrected chi connectivity index (χ4v) is 9.32. The molecule has 56 heavy (non-hydrogen) atoms. The molecule has 258 valence electrons. The van der Waals surface area contributed by atoms with Gasteiger partial charge < -0.3 is 0 Å². The first-order chi connectivity index (χ1) is 27.7. The average Bonchev–Trinajstić information content (AvgIpc) is 3.28. The van der Waals surface area contributed by atoms with Crippen LogP contribution in [0.2, 0.25) is 0 Å². The van der Waals surface area contributed by atoms with Gasteiger partial charge in [0, 0.05) is 11.1 Å². The number of rotatable bonds is 3. The standard InChI is InChI=1S/C55H33N/c1-2-12-40-34(11-1)21-22-36-29-37(24-26-41(36)40)54-32-39(35-23-27-50-46-17-5-3-13-42(46)44-15-7-9-19-48(44)52(50)30-35)33-55(56-54)38-25-28-51-47-18-6-4-14-43(47)45-16-8-10-20-49(45)53(51)31-38/h1-33H. The summed E-state index contributed by atoms with van der Waals surface area (Å²) in [7, 11) is 0. The Labute approximate surface area is 323 Å². The highest BCUT2D eigenvalue weighted by Crippen LogP contribution is 2.41. The third kappa shape index (κ3) is 4.71. The lowest BCUT2D eigenvalue weighted by atomic mass is 9.91. The van der Waals surface area contributed by atoms with E-state index >= 15 is 0 Å². The summed E-state index contributed by atoms with van der Waals surface area (Å²) >= 11 is 0.